The number of thiophene rings is 1. The number of amides is 3. The molecule has 1 aromatic heterocycles. The summed E-state index contributed by atoms with van der Waals surface area (Å²) < 4.78 is 0. The quantitative estimate of drug-likeness (QED) is 0.455. The van der Waals surface area contributed by atoms with Gasteiger partial charge in [0.1, 0.15) is 0 Å². The molecule has 35 heavy (non-hydrogen) atoms. The maximum Gasteiger partial charge on any atom is 0.320 e. The van der Waals surface area contributed by atoms with Crippen LogP contribution in [0, 0.1) is 0 Å². The van der Waals surface area contributed by atoms with Crippen LogP contribution in [0.5, 0.6) is 0 Å². The standard InChI is InChI=1S/C29H33N3O2S/c1-2-30(18-22-16-17-35-21-22)29(34)32-25-14-9-15-26(32)20-31(19-25)28(33)27(23-10-5-3-6-11-23)24-12-7-4-8-13-24/h3-8,10-13,16-17,21,25-27H,2,9,14-15,18-20H2,1H3/t25-,26+. The fourth-order valence-electron chi connectivity index (χ4n) is 5.63. The number of hydrogen-bond acceptors (Lipinski definition) is 3. The van der Waals surface area contributed by atoms with Crippen molar-refractivity contribution in [3.05, 3.63) is 94.2 Å². The lowest BCUT2D eigenvalue weighted by molar-refractivity contribution is -0.137. The Balaban J connectivity index is 1.37. The van der Waals surface area contributed by atoms with Crippen LogP contribution in [0.25, 0.3) is 0 Å². The van der Waals surface area contributed by atoms with Crippen molar-refractivity contribution in [3.8, 4) is 0 Å². The predicted octanol–water partition coefficient (Wildman–Crippen LogP) is 5.59. The number of carbonyl (C=O) groups excluding carboxylic acids is 2. The Labute approximate surface area is 212 Å². The molecule has 3 heterocycles. The van der Waals surface area contributed by atoms with Gasteiger partial charge in [-0.2, -0.15) is 11.3 Å². The molecule has 3 aromatic rings. The molecule has 2 aromatic carbocycles. The van der Waals surface area contributed by atoms with E-state index in [0.717, 1.165) is 30.4 Å². The molecule has 2 aliphatic rings. The highest BCUT2D eigenvalue weighted by Crippen LogP contribution is 2.34. The van der Waals surface area contributed by atoms with E-state index >= 15 is 0 Å². The van der Waals surface area contributed by atoms with Crippen molar-refractivity contribution in [2.24, 2.45) is 0 Å². The van der Waals surface area contributed by atoms with Gasteiger partial charge in [0.25, 0.3) is 0 Å². The minimum Gasteiger partial charge on any atom is -0.338 e. The van der Waals surface area contributed by atoms with Crippen molar-refractivity contribution in [2.75, 3.05) is 19.6 Å². The molecule has 0 radical (unpaired) electrons. The third-order valence-corrected chi connectivity index (χ3v) is 8.11. The second kappa shape index (κ2) is 10.6. The van der Waals surface area contributed by atoms with Gasteiger partial charge in [0, 0.05) is 26.2 Å². The molecule has 2 bridgehead atoms. The highest BCUT2D eigenvalue weighted by atomic mass is 32.1. The second-order valence-electron chi connectivity index (χ2n) is 9.57. The van der Waals surface area contributed by atoms with Gasteiger partial charge < -0.3 is 14.7 Å². The molecule has 0 saturated carbocycles. The number of piperidine rings is 1. The van der Waals surface area contributed by atoms with E-state index in [4.69, 9.17) is 0 Å². The van der Waals surface area contributed by atoms with Gasteiger partial charge in [-0.15, -0.1) is 0 Å². The van der Waals surface area contributed by atoms with Gasteiger partial charge in [-0.1, -0.05) is 60.7 Å². The van der Waals surface area contributed by atoms with Crippen LogP contribution in [0.15, 0.2) is 77.5 Å². The van der Waals surface area contributed by atoms with E-state index in [2.05, 4.69) is 21.7 Å². The van der Waals surface area contributed by atoms with Gasteiger partial charge in [-0.3, -0.25) is 4.79 Å². The van der Waals surface area contributed by atoms with Crippen molar-refractivity contribution in [3.63, 3.8) is 0 Å². The van der Waals surface area contributed by atoms with Crippen LogP contribution in [-0.4, -0.2) is 58.4 Å². The van der Waals surface area contributed by atoms with Gasteiger partial charge in [-0.05, 0) is 59.7 Å². The molecule has 3 amide bonds. The van der Waals surface area contributed by atoms with Crippen molar-refractivity contribution in [1.82, 2.24) is 14.7 Å². The zero-order valence-electron chi connectivity index (χ0n) is 20.3. The first-order valence-electron chi connectivity index (χ1n) is 12.6. The summed E-state index contributed by atoms with van der Waals surface area (Å²) >= 11 is 1.66. The number of rotatable bonds is 6. The molecular weight excluding hydrogens is 454 g/mol. The van der Waals surface area contributed by atoms with E-state index < -0.39 is 0 Å². The minimum atomic E-state index is -0.328. The number of carbonyl (C=O) groups is 2. The van der Waals surface area contributed by atoms with E-state index in [1.807, 2.05) is 77.4 Å². The molecule has 2 atom stereocenters. The van der Waals surface area contributed by atoms with Crippen LogP contribution in [-0.2, 0) is 11.3 Å². The molecule has 0 unspecified atom stereocenters. The Bertz CT molecular complexity index is 1070. The van der Waals surface area contributed by atoms with Crippen LogP contribution < -0.4 is 0 Å². The van der Waals surface area contributed by atoms with E-state index in [-0.39, 0.29) is 29.9 Å². The highest BCUT2D eigenvalue weighted by Gasteiger charge is 2.44. The van der Waals surface area contributed by atoms with Gasteiger partial charge >= 0.3 is 6.03 Å². The first kappa shape index (κ1) is 23.6. The smallest absolute Gasteiger partial charge is 0.320 e. The van der Waals surface area contributed by atoms with Crippen LogP contribution >= 0.6 is 11.3 Å². The van der Waals surface area contributed by atoms with Crippen molar-refractivity contribution in [2.45, 2.75) is 50.7 Å². The molecule has 0 spiro atoms. The fraction of sp³-hybridized carbons (Fsp3) is 0.379. The van der Waals surface area contributed by atoms with Gasteiger partial charge in [0.2, 0.25) is 5.91 Å². The maximum absolute atomic E-state index is 14.0. The second-order valence-corrected chi connectivity index (χ2v) is 10.4. The lowest BCUT2D eigenvalue weighted by atomic mass is 9.87. The number of urea groups is 1. The van der Waals surface area contributed by atoms with Crippen molar-refractivity contribution in [1.29, 1.82) is 0 Å². The maximum atomic E-state index is 14.0. The molecule has 182 valence electrons. The summed E-state index contributed by atoms with van der Waals surface area (Å²) in [5.74, 6) is -0.192. The third kappa shape index (κ3) is 4.98. The predicted molar refractivity (Wildman–Crippen MR) is 140 cm³/mol. The molecule has 2 aliphatic heterocycles. The van der Waals surface area contributed by atoms with Gasteiger partial charge in [0.15, 0.2) is 0 Å². The SMILES string of the molecule is CCN(Cc1ccsc1)C(=O)N1[C@@H]2CCC[C@H]1CN(C(=O)C(c1ccccc1)c1ccccc1)C2. The fourth-order valence-corrected chi connectivity index (χ4v) is 6.29. The van der Waals surface area contributed by atoms with Crippen LogP contribution in [0.3, 0.4) is 0 Å². The lowest BCUT2D eigenvalue weighted by Crippen LogP contribution is -2.65. The average molecular weight is 488 g/mol. The van der Waals surface area contributed by atoms with E-state index in [1.165, 1.54) is 5.56 Å². The van der Waals surface area contributed by atoms with E-state index in [0.29, 0.717) is 26.2 Å². The van der Waals surface area contributed by atoms with Crippen molar-refractivity contribution < 1.29 is 9.59 Å². The molecule has 6 heteroatoms. The number of nitrogens with zero attached hydrogens (tertiary/aromatic N) is 3. The topological polar surface area (TPSA) is 43.9 Å². The summed E-state index contributed by atoms with van der Waals surface area (Å²) in [7, 11) is 0. The first-order chi connectivity index (χ1) is 17.2. The Morgan fingerprint density at radius 1 is 0.943 bits per heavy atom. The highest BCUT2D eigenvalue weighted by molar-refractivity contribution is 7.07. The monoisotopic (exact) mass is 487 g/mol. The Morgan fingerprint density at radius 2 is 1.54 bits per heavy atom. The molecule has 5 rings (SSSR count). The number of fused-ring (bicyclic) bond motifs is 2. The lowest BCUT2D eigenvalue weighted by Gasteiger charge is -2.51. The molecule has 2 saturated heterocycles. The number of piperazine rings is 1. The summed E-state index contributed by atoms with van der Waals surface area (Å²) in [4.78, 5) is 33.8. The van der Waals surface area contributed by atoms with Gasteiger partial charge in [-0.25, -0.2) is 4.79 Å². The van der Waals surface area contributed by atoms with Crippen LogP contribution in [0.1, 0.15) is 48.8 Å². The van der Waals surface area contributed by atoms with Gasteiger partial charge in [0.05, 0.1) is 18.0 Å². The largest absolute Gasteiger partial charge is 0.338 e. The Morgan fingerprint density at radius 3 is 2.06 bits per heavy atom. The normalized spacial score (nSPS) is 19.6. The molecular formula is C29H33N3O2S. The summed E-state index contributed by atoms with van der Waals surface area (Å²) in [6.45, 7) is 4.57. The Hall–Kier alpha value is -3.12. The van der Waals surface area contributed by atoms with Crippen molar-refractivity contribution >= 4 is 23.3 Å². The molecule has 2 fully saturated rings. The summed E-state index contributed by atoms with van der Waals surface area (Å²) in [5.41, 5.74) is 3.21. The zero-order chi connectivity index (χ0) is 24.2. The summed E-state index contributed by atoms with van der Waals surface area (Å²) in [5, 5.41) is 4.17. The number of hydrogen-bond donors (Lipinski definition) is 0. The molecule has 0 N–H and O–H groups in total. The first-order valence-corrected chi connectivity index (χ1v) is 13.6. The molecule has 0 aliphatic carbocycles. The van der Waals surface area contributed by atoms with E-state index in [9.17, 15) is 9.59 Å². The Kier molecular flexibility index (Phi) is 7.19. The number of benzene rings is 2. The van der Waals surface area contributed by atoms with Crippen LogP contribution in [0.4, 0.5) is 4.79 Å². The minimum absolute atomic E-state index is 0.0719. The molecule has 5 nitrogen and oxygen atoms in total. The number of likely N-dealkylation sites (tertiary alicyclic amines) is 1. The zero-order valence-corrected chi connectivity index (χ0v) is 21.1. The third-order valence-electron chi connectivity index (χ3n) is 7.37. The van der Waals surface area contributed by atoms with Crippen LogP contribution in [0.2, 0.25) is 0 Å². The van der Waals surface area contributed by atoms with E-state index in [1.54, 1.807) is 11.3 Å². The summed E-state index contributed by atoms with van der Waals surface area (Å²) in [6, 6.07) is 22.5. The average Bonchev–Trinajstić information content (AvgIpc) is 3.41. The summed E-state index contributed by atoms with van der Waals surface area (Å²) in [6.07, 6.45) is 3.01.